The highest BCUT2D eigenvalue weighted by Crippen LogP contribution is 2.29. The summed E-state index contributed by atoms with van der Waals surface area (Å²) < 4.78 is 0. The van der Waals surface area contributed by atoms with Gasteiger partial charge >= 0.3 is 0 Å². The predicted octanol–water partition coefficient (Wildman–Crippen LogP) is 5.54. The minimum atomic E-state index is 0.573. The highest BCUT2D eigenvalue weighted by Gasteiger charge is 2.12. The molecular formula is C26H16N6. The van der Waals surface area contributed by atoms with E-state index in [4.69, 9.17) is 9.97 Å². The lowest BCUT2D eigenvalue weighted by atomic mass is 10.1. The third-order valence-electron chi connectivity index (χ3n) is 5.22. The van der Waals surface area contributed by atoms with Gasteiger partial charge in [-0.15, -0.1) is 0 Å². The minimum Gasteiger partial charge on any atom is -0.344 e. The standard InChI is InChI=1S/C26H16N6/c27-13-19-6-1-3-10-21(19)25-29-15-23(31-25)17-8-5-9-18(12-17)24-16-30-26(32-24)22-11-4-2-7-20(22)14-28/h1-12,15-16H,(H,29,31)(H,30,32). The summed E-state index contributed by atoms with van der Waals surface area (Å²) in [5.41, 5.74) is 6.10. The van der Waals surface area contributed by atoms with Crippen LogP contribution in [0.5, 0.6) is 0 Å². The average Bonchev–Trinajstić information content (AvgIpc) is 3.54. The van der Waals surface area contributed by atoms with E-state index in [0.29, 0.717) is 22.8 Å². The number of H-pyrrole nitrogens is 2. The Kier molecular flexibility index (Phi) is 4.80. The van der Waals surface area contributed by atoms with Crippen molar-refractivity contribution in [3.63, 3.8) is 0 Å². The number of hydrogen-bond donors (Lipinski definition) is 2. The maximum atomic E-state index is 9.36. The Morgan fingerprint density at radius 2 is 1.06 bits per heavy atom. The molecule has 0 amide bonds. The molecule has 0 radical (unpaired) electrons. The third kappa shape index (κ3) is 3.43. The van der Waals surface area contributed by atoms with E-state index in [9.17, 15) is 10.5 Å². The van der Waals surface area contributed by atoms with Crippen LogP contribution < -0.4 is 0 Å². The maximum Gasteiger partial charge on any atom is 0.139 e. The number of nitrogens with zero attached hydrogens (tertiary/aromatic N) is 4. The highest BCUT2D eigenvalue weighted by atomic mass is 14.9. The first-order valence-electron chi connectivity index (χ1n) is 9.97. The summed E-state index contributed by atoms with van der Waals surface area (Å²) in [5, 5.41) is 18.7. The zero-order chi connectivity index (χ0) is 21.9. The topological polar surface area (TPSA) is 105 Å². The molecule has 2 heterocycles. The summed E-state index contributed by atoms with van der Waals surface area (Å²) in [5.74, 6) is 1.30. The zero-order valence-electron chi connectivity index (χ0n) is 16.9. The van der Waals surface area contributed by atoms with Crippen molar-refractivity contribution < 1.29 is 0 Å². The molecule has 0 saturated carbocycles. The van der Waals surface area contributed by atoms with Crippen molar-refractivity contribution >= 4 is 0 Å². The van der Waals surface area contributed by atoms with Crippen molar-refractivity contribution in [2.75, 3.05) is 0 Å². The number of imidazole rings is 2. The van der Waals surface area contributed by atoms with Gasteiger partial charge in [0, 0.05) is 34.6 Å². The monoisotopic (exact) mass is 412 g/mol. The van der Waals surface area contributed by atoms with Crippen molar-refractivity contribution in [2.45, 2.75) is 0 Å². The first-order valence-corrected chi connectivity index (χ1v) is 9.97. The van der Waals surface area contributed by atoms with E-state index in [2.05, 4.69) is 22.1 Å². The molecule has 5 rings (SSSR count). The Labute approximate surface area is 184 Å². The smallest absolute Gasteiger partial charge is 0.139 e. The van der Waals surface area contributed by atoms with Crippen LogP contribution in [0.1, 0.15) is 11.1 Å². The molecular weight excluding hydrogens is 396 g/mol. The Hall–Kier alpha value is -4.94. The van der Waals surface area contributed by atoms with Gasteiger partial charge in [0.1, 0.15) is 11.6 Å². The average molecular weight is 412 g/mol. The first kappa shape index (κ1) is 19.0. The van der Waals surface area contributed by atoms with Gasteiger partial charge in [-0.3, -0.25) is 0 Å². The van der Waals surface area contributed by atoms with Crippen molar-refractivity contribution in [3.05, 3.63) is 96.3 Å². The van der Waals surface area contributed by atoms with E-state index >= 15 is 0 Å². The molecule has 3 aromatic carbocycles. The molecule has 0 atom stereocenters. The second-order valence-corrected chi connectivity index (χ2v) is 7.16. The summed E-state index contributed by atoms with van der Waals surface area (Å²) in [6, 6.07) is 27.1. The fourth-order valence-electron chi connectivity index (χ4n) is 3.63. The van der Waals surface area contributed by atoms with Crippen LogP contribution in [0, 0.1) is 22.7 Å². The number of nitrogens with one attached hydrogen (secondary N) is 2. The van der Waals surface area contributed by atoms with Crippen LogP contribution in [0.25, 0.3) is 45.3 Å². The highest BCUT2D eigenvalue weighted by molar-refractivity contribution is 5.74. The van der Waals surface area contributed by atoms with Gasteiger partial charge < -0.3 is 9.97 Å². The van der Waals surface area contributed by atoms with E-state index in [1.165, 1.54) is 0 Å². The molecule has 6 heteroatoms. The van der Waals surface area contributed by atoms with Gasteiger partial charge in [-0.2, -0.15) is 10.5 Å². The SMILES string of the molecule is N#Cc1ccccc1-c1nc(-c2cccc(-c3c[nH]c(-c4ccccc4C#N)n3)c2)c[nH]1. The number of benzene rings is 3. The molecule has 0 aliphatic heterocycles. The first-order chi connectivity index (χ1) is 15.8. The molecule has 32 heavy (non-hydrogen) atoms. The number of aromatic amines is 2. The Bertz CT molecular complexity index is 1400. The number of nitriles is 2. The van der Waals surface area contributed by atoms with Crippen molar-refractivity contribution in [2.24, 2.45) is 0 Å². The van der Waals surface area contributed by atoms with Gasteiger partial charge in [-0.1, -0.05) is 42.5 Å². The molecule has 6 nitrogen and oxygen atoms in total. The van der Waals surface area contributed by atoms with Crippen molar-refractivity contribution in [1.29, 1.82) is 10.5 Å². The second kappa shape index (κ2) is 8.06. The maximum absolute atomic E-state index is 9.36. The number of hydrogen-bond acceptors (Lipinski definition) is 4. The Morgan fingerprint density at radius 3 is 1.53 bits per heavy atom. The molecule has 0 spiro atoms. The molecule has 0 fully saturated rings. The lowest BCUT2D eigenvalue weighted by molar-refractivity contribution is 1.30. The number of aromatic nitrogens is 4. The van der Waals surface area contributed by atoms with Crippen LogP contribution in [-0.4, -0.2) is 19.9 Å². The van der Waals surface area contributed by atoms with Gasteiger partial charge in [0.15, 0.2) is 0 Å². The normalized spacial score (nSPS) is 10.4. The predicted molar refractivity (Wildman–Crippen MR) is 122 cm³/mol. The van der Waals surface area contributed by atoms with Crippen LogP contribution in [0.2, 0.25) is 0 Å². The lowest BCUT2D eigenvalue weighted by Crippen LogP contribution is -1.87. The molecule has 0 aliphatic carbocycles. The molecule has 0 aliphatic rings. The van der Waals surface area contributed by atoms with Crippen LogP contribution in [0.4, 0.5) is 0 Å². The fraction of sp³-hybridized carbons (Fsp3) is 0. The second-order valence-electron chi connectivity index (χ2n) is 7.16. The third-order valence-corrected chi connectivity index (χ3v) is 5.22. The van der Waals surface area contributed by atoms with Crippen LogP contribution >= 0.6 is 0 Å². The van der Waals surface area contributed by atoms with Crippen LogP contribution in [0.15, 0.2) is 85.2 Å². The molecule has 150 valence electrons. The summed E-state index contributed by atoms with van der Waals surface area (Å²) in [7, 11) is 0. The molecule has 0 saturated heterocycles. The fourth-order valence-corrected chi connectivity index (χ4v) is 3.63. The quantitative estimate of drug-likeness (QED) is 0.404. The van der Waals surface area contributed by atoms with Crippen LogP contribution in [-0.2, 0) is 0 Å². The van der Waals surface area contributed by atoms with E-state index < -0.39 is 0 Å². The van der Waals surface area contributed by atoms with Crippen LogP contribution in [0.3, 0.4) is 0 Å². The minimum absolute atomic E-state index is 0.573. The van der Waals surface area contributed by atoms with E-state index in [1.54, 1.807) is 12.1 Å². The lowest BCUT2D eigenvalue weighted by Gasteiger charge is -2.02. The van der Waals surface area contributed by atoms with Gasteiger partial charge in [0.2, 0.25) is 0 Å². The van der Waals surface area contributed by atoms with Gasteiger partial charge in [-0.25, -0.2) is 9.97 Å². The molecule has 0 bridgehead atoms. The van der Waals surface area contributed by atoms with Gasteiger partial charge in [0.25, 0.3) is 0 Å². The van der Waals surface area contributed by atoms with Gasteiger partial charge in [0.05, 0.1) is 34.7 Å². The Balaban J connectivity index is 1.48. The van der Waals surface area contributed by atoms with E-state index in [-0.39, 0.29) is 0 Å². The Morgan fingerprint density at radius 1 is 0.594 bits per heavy atom. The molecule has 2 aromatic heterocycles. The summed E-state index contributed by atoms with van der Waals surface area (Å²) in [4.78, 5) is 15.8. The summed E-state index contributed by atoms with van der Waals surface area (Å²) >= 11 is 0. The van der Waals surface area contributed by atoms with Gasteiger partial charge in [-0.05, 0) is 30.3 Å². The molecule has 2 N–H and O–H groups in total. The largest absolute Gasteiger partial charge is 0.344 e. The number of rotatable bonds is 4. The van der Waals surface area contributed by atoms with E-state index in [0.717, 1.165) is 33.6 Å². The molecule has 5 aromatic rings. The van der Waals surface area contributed by atoms with E-state index in [1.807, 2.05) is 73.1 Å². The summed E-state index contributed by atoms with van der Waals surface area (Å²) in [6.45, 7) is 0. The molecule has 0 unspecified atom stereocenters. The van der Waals surface area contributed by atoms with Crippen molar-refractivity contribution in [3.8, 4) is 57.4 Å². The van der Waals surface area contributed by atoms with Crippen molar-refractivity contribution in [1.82, 2.24) is 19.9 Å². The zero-order valence-corrected chi connectivity index (χ0v) is 16.9. The summed E-state index contributed by atoms with van der Waals surface area (Å²) in [6.07, 6.45) is 3.67.